The molecule has 3 N–H and O–H groups in total. The lowest BCUT2D eigenvalue weighted by Crippen LogP contribution is -2.33. The number of ether oxygens (including phenoxy) is 1. The van der Waals surface area contributed by atoms with Crippen molar-refractivity contribution in [2.24, 2.45) is 0 Å². The lowest BCUT2D eigenvalue weighted by atomic mass is 10.1. The normalized spacial score (nSPS) is 14.8. The molecule has 1 fully saturated rings. The number of methoxy groups -OCH3 is 1. The summed E-state index contributed by atoms with van der Waals surface area (Å²) in [5, 5.41) is 2.85. The zero-order chi connectivity index (χ0) is 23.1. The maximum absolute atomic E-state index is 14.6. The van der Waals surface area contributed by atoms with E-state index in [2.05, 4.69) is 26.8 Å². The SMILES string of the molecule is C=C/C(NC(=O)c1nc(-c2cccc(OC)n2)c(F)cc1N)=C(\C=C/C)N1CCCCC1. The molecule has 0 bridgehead atoms. The van der Waals surface area contributed by atoms with Crippen LogP contribution in [0.25, 0.3) is 11.4 Å². The predicted octanol–water partition coefficient (Wildman–Crippen LogP) is 4.06. The Labute approximate surface area is 187 Å². The van der Waals surface area contributed by atoms with Crippen LogP contribution < -0.4 is 15.8 Å². The highest BCUT2D eigenvalue weighted by molar-refractivity contribution is 5.99. The number of piperidine rings is 1. The third-order valence-corrected chi connectivity index (χ3v) is 5.15. The maximum atomic E-state index is 14.6. The van der Waals surface area contributed by atoms with Crippen LogP contribution in [0.4, 0.5) is 10.1 Å². The van der Waals surface area contributed by atoms with Gasteiger partial charge in [0.15, 0.2) is 11.5 Å². The molecule has 0 radical (unpaired) electrons. The molecular weight excluding hydrogens is 409 g/mol. The molecule has 1 aliphatic rings. The lowest BCUT2D eigenvalue weighted by molar-refractivity contribution is 0.0962. The second-order valence-corrected chi connectivity index (χ2v) is 7.33. The third kappa shape index (κ3) is 5.14. The number of hydrogen-bond donors (Lipinski definition) is 2. The molecule has 32 heavy (non-hydrogen) atoms. The molecule has 0 saturated carbocycles. The van der Waals surface area contributed by atoms with E-state index in [9.17, 15) is 9.18 Å². The summed E-state index contributed by atoms with van der Waals surface area (Å²) in [6, 6.07) is 5.96. The number of halogens is 1. The summed E-state index contributed by atoms with van der Waals surface area (Å²) in [7, 11) is 1.46. The average molecular weight is 438 g/mol. The van der Waals surface area contributed by atoms with E-state index >= 15 is 0 Å². The highest BCUT2D eigenvalue weighted by Crippen LogP contribution is 2.25. The van der Waals surface area contributed by atoms with E-state index in [0.29, 0.717) is 11.6 Å². The molecule has 3 heterocycles. The first-order valence-corrected chi connectivity index (χ1v) is 10.5. The van der Waals surface area contributed by atoms with Crippen LogP contribution in [0.1, 0.15) is 36.7 Å². The van der Waals surface area contributed by atoms with Crippen molar-refractivity contribution in [3.63, 3.8) is 0 Å². The van der Waals surface area contributed by atoms with Gasteiger partial charge in [-0.2, -0.15) is 0 Å². The smallest absolute Gasteiger partial charge is 0.276 e. The van der Waals surface area contributed by atoms with E-state index in [1.807, 2.05) is 19.1 Å². The zero-order valence-corrected chi connectivity index (χ0v) is 18.4. The summed E-state index contributed by atoms with van der Waals surface area (Å²) >= 11 is 0. The van der Waals surface area contributed by atoms with Crippen molar-refractivity contribution in [3.05, 3.63) is 72.0 Å². The van der Waals surface area contributed by atoms with Crippen molar-refractivity contribution >= 4 is 11.6 Å². The number of likely N-dealkylation sites (tertiary alicyclic amines) is 1. The van der Waals surface area contributed by atoms with E-state index in [1.165, 1.54) is 13.5 Å². The Kier molecular flexibility index (Phi) is 7.59. The van der Waals surface area contributed by atoms with Crippen LogP contribution in [-0.2, 0) is 0 Å². The molecule has 8 heteroatoms. The summed E-state index contributed by atoms with van der Waals surface area (Å²) in [5.41, 5.74) is 7.34. The second-order valence-electron chi connectivity index (χ2n) is 7.33. The molecule has 0 aliphatic carbocycles. The van der Waals surface area contributed by atoms with Crippen LogP contribution >= 0.6 is 0 Å². The Hall–Kier alpha value is -3.68. The van der Waals surface area contributed by atoms with Crippen molar-refractivity contribution in [2.75, 3.05) is 25.9 Å². The van der Waals surface area contributed by atoms with Crippen LogP contribution in [0.15, 0.2) is 60.5 Å². The number of carbonyl (C=O) groups is 1. The van der Waals surface area contributed by atoms with Crippen LogP contribution in [0.5, 0.6) is 5.88 Å². The highest BCUT2D eigenvalue weighted by atomic mass is 19.1. The third-order valence-electron chi connectivity index (χ3n) is 5.15. The van der Waals surface area contributed by atoms with E-state index in [1.54, 1.807) is 24.3 Å². The number of pyridine rings is 2. The molecular formula is C24H28FN5O2. The number of nitrogens with zero attached hydrogens (tertiary/aromatic N) is 3. The maximum Gasteiger partial charge on any atom is 0.276 e. The topological polar surface area (TPSA) is 93.4 Å². The van der Waals surface area contributed by atoms with Crippen LogP contribution in [0.2, 0.25) is 0 Å². The Balaban J connectivity index is 1.97. The quantitative estimate of drug-likeness (QED) is 0.635. The average Bonchev–Trinajstić information content (AvgIpc) is 2.81. The second kappa shape index (κ2) is 10.6. The molecule has 1 amide bonds. The Morgan fingerprint density at radius 1 is 1.28 bits per heavy atom. The van der Waals surface area contributed by atoms with Gasteiger partial charge in [-0.3, -0.25) is 4.79 Å². The number of nitrogen functional groups attached to an aromatic ring is 1. The van der Waals surface area contributed by atoms with Gasteiger partial charge in [-0.15, -0.1) is 0 Å². The first-order chi connectivity index (χ1) is 15.5. The fraction of sp³-hybridized carbons (Fsp3) is 0.292. The first-order valence-electron chi connectivity index (χ1n) is 10.5. The highest BCUT2D eigenvalue weighted by Gasteiger charge is 2.21. The van der Waals surface area contributed by atoms with Gasteiger partial charge in [0.05, 0.1) is 29.9 Å². The predicted molar refractivity (Wildman–Crippen MR) is 123 cm³/mol. The minimum Gasteiger partial charge on any atom is -0.481 e. The number of rotatable bonds is 7. The molecule has 0 spiro atoms. The lowest BCUT2D eigenvalue weighted by Gasteiger charge is -2.31. The van der Waals surface area contributed by atoms with E-state index in [4.69, 9.17) is 10.5 Å². The summed E-state index contributed by atoms with van der Waals surface area (Å²) in [6.45, 7) is 7.57. The number of nitrogens with two attached hydrogens (primary N) is 1. The summed E-state index contributed by atoms with van der Waals surface area (Å²) in [5.74, 6) is -0.927. The van der Waals surface area contributed by atoms with Crippen LogP contribution in [0.3, 0.4) is 0 Å². The zero-order valence-electron chi connectivity index (χ0n) is 18.4. The molecule has 1 saturated heterocycles. The Morgan fingerprint density at radius 2 is 2.03 bits per heavy atom. The molecule has 7 nitrogen and oxygen atoms in total. The van der Waals surface area contributed by atoms with Gasteiger partial charge in [0.1, 0.15) is 5.69 Å². The van der Waals surface area contributed by atoms with Crippen LogP contribution in [0, 0.1) is 5.82 Å². The van der Waals surface area contributed by atoms with Crippen molar-refractivity contribution < 1.29 is 13.9 Å². The van der Waals surface area contributed by atoms with Gasteiger partial charge in [-0.05, 0) is 44.4 Å². The van der Waals surface area contributed by atoms with Crippen LogP contribution in [-0.4, -0.2) is 41.0 Å². The Bertz CT molecular complexity index is 1060. The molecule has 2 aromatic heterocycles. The number of aromatic nitrogens is 2. The van der Waals surface area contributed by atoms with Gasteiger partial charge >= 0.3 is 0 Å². The number of hydrogen-bond acceptors (Lipinski definition) is 6. The summed E-state index contributed by atoms with van der Waals surface area (Å²) in [6.07, 6.45) is 8.80. The van der Waals surface area contributed by atoms with E-state index in [-0.39, 0.29) is 22.8 Å². The molecule has 0 atom stereocenters. The minimum absolute atomic E-state index is 0.0689. The number of allylic oxidation sites excluding steroid dienone is 3. The van der Waals surface area contributed by atoms with Gasteiger partial charge in [0.25, 0.3) is 5.91 Å². The standard InChI is InChI=1S/C24H28FN5O2/c1-4-10-20(30-13-7-6-8-14-30)18(5-2)28-24(31)23-17(26)15-16(25)22(29-23)19-11-9-12-21(27-19)32-3/h4-5,9-12,15H,2,6-8,13-14,26H2,1,3H3,(H,28,31)/b10-4-,20-18-. The number of amides is 1. The summed E-state index contributed by atoms with van der Waals surface area (Å²) in [4.78, 5) is 23.7. The van der Waals surface area contributed by atoms with E-state index < -0.39 is 11.7 Å². The fourth-order valence-electron chi connectivity index (χ4n) is 3.58. The number of anilines is 1. The van der Waals surface area contributed by atoms with E-state index in [0.717, 1.165) is 37.7 Å². The van der Waals surface area contributed by atoms with Gasteiger partial charge in [-0.25, -0.2) is 14.4 Å². The summed E-state index contributed by atoms with van der Waals surface area (Å²) < 4.78 is 19.7. The molecule has 3 rings (SSSR count). The number of carbonyl (C=O) groups excluding carboxylic acids is 1. The van der Waals surface area contributed by atoms with Crippen molar-refractivity contribution in [1.82, 2.24) is 20.2 Å². The Morgan fingerprint density at radius 3 is 2.69 bits per heavy atom. The van der Waals surface area contributed by atoms with Crippen molar-refractivity contribution in [3.8, 4) is 17.3 Å². The molecule has 168 valence electrons. The molecule has 2 aromatic rings. The fourth-order valence-corrected chi connectivity index (χ4v) is 3.58. The van der Waals surface area contributed by atoms with Gasteiger partial charge < -0.3 is 20.7 Å². The molecule has 1 aliphatic heterocycles. The minimum atomic E-state index is -0.679. The van der Waals surface area contributed by atoms with Gasteiger partial charge in [0.2, 0.25) is 5.88 Å². The van der Waals surface area contributed by atoms with Crippen molar-refractivity contribution in [1.29, 1.82) is 0 Å². The number of nitrogens with one attached hydrogen (secondary N) is 1. The first kappa shape index (κ1) is 23.0. The van der Waals surface area contributed by atoms with Gasteiger partial charge in [-0.1, -0.05) is 18.7 Å². The van der Waals surface area contributed by atoms with Gasteiger partial charge in [0, 0.05) is 25.2 Å². The monoisotopic (exact) mass is 437 g/mol. The van der Waals surface area contributed by atoms with Crippen molar-refractivity contribution in [2.45, 2.75) is 26.2 Å². The largest absolute Gasteiger partial charge is 0.481 e. The molecule has 0 aromatic carbocycles. The molecule has 0 unspecified atom stereocenters.